The van der Waals surface area contributed by atoms with Crippen molar-refractivity contribution < 1.29 is 9.53 Å². The number of amides is 1. The highest BCUT2D eigenvalue weighted by molar-refractivity contribution is 9.10. The summed E-state index contributed by atoms with van der Waals surface area (Å²) in [5.74, 6) is -0.0379. The summed E-state index contributed by atoms with van der Waals surface area (Å²) in [5, 5.41) is 0. The summed E-state index contributed by atoms with van der Waals surface area (Å²) in [6.45, 7) is 2.46. The van der Waals surface area contributed by atoms with Gasteiger partial charge in [0.1, 0.15) is 0 Å². The van der Waals surface area contributed by atoms with Gasteiger partial charge in [0.25, 0.3) is 11.5 Å². The number of halogens is 1. The summed E-state index contributed by atoms with van der Waals surface area (Å²) in [6.07, 6.45) is 4.67. The molecule has 0 unspecified atom stereocenters. The highest BCUT2D eigenvalue weighted by Crippen LogP contribution is 2.20. The zero-order valence-corrected chi connectivity index (χ0v) is 20.9. The van der Waals surface area contributed by atoms with Crippen molar-refractivity contribution in [2.75, 3.05) is 26.3 Å². The van der Waals surface area contributed by atoms with E-state index in [9.17, 15) is 14.4 Å². The molecule has 3 heterocycles. The molecule has 8 nitrogen and oxygen atoms in total. The van der Waals surface area contributed by atoms with Crippen molar-refractivity contribution in [3.8, 4) is 16.8 Å². The molecule has 2 aromatic carbocycles. The molecule has 0 atom stereocenters. The molecular formula is C27H23BrN4O4. The molecule has 0 saturated carbocycles. The summed E-state index contributed by atoms with van der Waals surface area (Å²) in [4.78, 5) is 45.5. The second kappa shape index (κ2) is 10.4. The first-order valence-electron chi connectivity index (χ1n) is 11.5. The van der Waals surface area contributed by atoms with Crippen molar-refractivity contribution in [1.82, 2.24) is 19.0 Å². The van der Waals surface area contributed by atoms with E-state index in [4.69, 9.17) is 4.74 Å². The molecule has 4 aromatic rings. The lowest BCUT2D eigenvalue weighted by Gasteiger charge is -2.26. The van der Waals surface area contributed by atoms with Crippen LogP contribution in [0.3, 0.4) is 0 Å². The van der Waals surface area contributed by atoms with E-state index in [1.165, 1.54) is 10.8 Å². The van der Waals surface area contributed by atoms with Crippen LogP contribution in [0.15, 0.2) is 93.3 Å². The van der Waals surface area contributed by atoms with Gasteiger partial charge in [-0.2, -0.15) is 0 Å². The van der Waals surface area contributed by atoms with E-state index in [2.05, 4.69) is 20.9 Å². The summed E-state index contributed by atoms with van der Waals surface area (Å²) >= 11 is 3.46. The van der Waals surface area contributed by atoms with Crippen LogP contribution in [-0.4, -0.2) is 51.2 Å². The molecule has 36 heavy (non-hydrogen) atoms. The molecule has 0 radical (unpaired) electrons. The minimum atomic E-state index is -0.472. The number of morpholine rings is 1. The average molecular weight is 547 g/mol. The van der Waals surface area contributed by atoms with Crippen LogP contribution >= 0.6 is 15.9 Å². The molecule has 0 bridgehead atoms. The Morgan fingerprint density at radius 1 is 1.00 bits per heavy atom. The number of pyridine rings is 1. The minimum Gasteiger partial charge on any atom is -0.378 e. The number of aromatic nitrogens is 3. The van der Waals surface area contributed by atoms with Crippen LogP contribution in [0.5, 0.6) is 0 Å². The Morgan fingerprint density at radius 3 is 2.47 bits per heavy atom. The second-order valence-electron chi connectivity index (χ2n) is 8.42. The normalized spacial score (nSPS) is 13.5. The molecule has 5 rings (SSSR count). The third kappa shape index (κ3) is 4.93. The number of hydrogen-bond acceptors (Lipinski definition) is 5. The Hall–Kier alpha value is -3.82. The van der Waals surface area contributed by atoms with Crippen LogP contribution in [0.2, 0.25) is 0 Å². The number of carbonyl (C=O) groups excluding carboxylic acids is 1. The SMILES string of the molecule is O=C(c1ccc(Cn2cc(-c3cccc(Br)c3)c(=O)n(-c3cccnc3)c2=O)cc1)N1CCOCC1. The summed E-state index contributed by atoms with van der Waals surface area (Å²) in [6, 6.07) is 17.9. The van der Waals surface area contributed by atoms with Gasteiger partial charge in [-0.05, 0) is 47.5 Å². The predicted molar refractivity (Wildman–Crippen MR) is 139 cm³/mol. The van der Waals surface area contributed by atoms with Gasteiger partial charge in [0.15, 0.2) is 0 Å². The van der Waals surface area contributed by atoms with Crippen LogP contribution in [0.1, 0.15) is 15.9 Å². The smallest absolute Gasteiger partial charge is 0.336 e. The number of ether oxygens (including phenoxy) is 1. The third-order valence-corrected chi connectivity index (χ3v) is 6.54. The summed E-state index contributed by atoms with van der Waals surface area (Å²) in [5.41, 5.74) is 1.99. The number of carbonyl (C=O) groups is 1. The van der Waals surface area contributed by atoms with Crippen molar-refractivity contribution >= 4 is 21.8 Å². The van der Waals surface area contributed by atoms with Crippen LogP contribution in [-0.2, 0) is 11.3 Å². The van der Waals surface area contributed by atoms with Gasteiger partial charge < -0.3 is 9.64 Å². The first-order chi connectivity index (χ1) is 17.5. The topological polar surface area (TPSA) is 86.4 Å². The first kappa shape index (κ1) is 23.9. The number of rotatable bonds is 5. The maximum absolute atomic E-state index is 13.4. The van der Waals surface area contributed by atoms with Crippen LogP contribution < -0.4 is 11.2 Å². The van der Waals surface area contributed by atoms with Gasteiger partial charge in [-0.15, -0.1) is 0 Å². The third-order valence-electron chi connectivity index (χ3n) is 6.05. The van der Waals surface area contributed by atoms with Crippen molar-refractivity contribution in [3.05, 3.63) is 116 Å². The van der Waals surface area contributed by atoms with E-state index >= 15 is 0 Å². The zero-order valence-electron chi connectivity index (χ0n) is 19.3. The highest BCUT2D eigenvalue weighted by Gasteiger charge is 2.19. The van der Waals surface area contributed by atoms with E-state index in [1.54, 1.807) is 41.6 Å². The molecule has 2 aromatic heterocycles. The molecule has 0 aliphatic carbocycles. The largest absolute Gasteiger partial charge is 0.378 e. The Morgan fingerprint density at radius 2 is 1.78 bits per heavy atom. The zero-order chi connectivity index (χ0) is 25.1. The van der Waals surface area contributed by atoms with E-state index in [0.29, 0.717) is 48.7 Å². The molecule has 1 aliphatic heterocycles. The van der Waals surface area contributed by atoms with Crippen molar-refractivity contribution in [3.63, 3.8) is 0 Å². The lowest BCUT2D eigenvalue weighted by atomic mass is 10.1. The van der Waals surface area contributed by atoms with Gasteiger partial charge in [-0.3, -0.25) is 19.1 Å². The Bertz CT molecular complexity index is 1510. The summed E-state index contributed by atoms with van der Waals surface area (Å²) < 4.78 is 8.79. The second-order valence-corrected chi connectivity index (χ2v) is 9.33. The van der Waals surface area contributed by atoms with E-state index in [1.807, 2.05) is 36.4 Å². The fourth-order valence-electron chi connectivity index (χ4n) is 4.18. The lowest BCUT2D eigenvalue weighted by Crippen LogP contribution is -2.40. The van der Waals surface area contributed by atoms with E-state index in [-0.39, 0.29) is 12.5 Å². The molecule has 0 spiro atoms. The Labute approximate surface area is 215 Å². The van der Waals surface area contributed by atoms with Gasteiger partial charge in [0, 0.05) is 35.5 Å². The maximum atomic E-state index is 13.4. The van der Waals surface area contributed by atoms with Crippen molar-refractivity contribution in [1.29, 1.82) is 0 Å². The van der Waals surface area contributed by atoms with Crippen LogP contribution in [0, 0.1) is 0 Å². The molecular weight excluding hydrogens is 524 g/mol. The quantitative estimate of drug-likeness (QED) is 0.383. The van der Waals surface area contributed by atoms with Crippen LogP contribution in [0.4, 0.5) is 0 Å². The van der Waals surface area contributed by atoms with Gasteiger partial charge in [0.2, 0.25) is 0 Å². The average Bonchev–Trinajstić information content (AvgIpc) is 2.91. The maximum Gasteiger partial charge on any atom is 0.336 e. The number of nitrogens with zero attached hydrogens (tertiary/aromatic N) is 4. The molecule has 1 amide bonds. The Balaban J connectivity index is 1.53. The molecule has 1 saturated heterocycles. The summed E-state index contributed by atoms with van der Waals surface area (Å²) in [7, 11) is 0. The fourth-order valence-corrected chi connectivity index (χ4v) is 4.58. The molecule has 9 heteroatoms. The minimum absolute atomic E-state index is 0.0379. The molecule has 1 aliphatic rings. The van der Waals surface area contributed by atoms with E-state index < -0.39 is 11.2 Å². The monoisotopic (exact) mass is 546 g/mol. The standard InChI is InChI=1S/C27H23BrN4O4/c28-22-4-1-3-21(15-22)24-18-31(27(35)32(26(24)34)23-5-2-10-29-16-23)17-19-6-8-20(9-7-19)25(33)30-11-13-36-14-12-30/h1-10,15-16,18H,11-14,17H2. The van der Waals surface area contributed by atoms with Crippen LogP contribution in [0.25, 0.3) is 16.8 Å². The molecule has 0 N–H and O–H groups in total. The van der Waals surface area contributed by atoms with Gasteiger partial charge >= 0.3 is 5.69 Å². The van der Waals surface area contributed by atoms with E-state index in [0.717, 1.165) is 14.6 Å². The highest BCUT2D eigenvalue weighted by atomic mass is 79.9. The van der Waals surface area contributed by atoms with Gasteiger partial charge in [0.05, 0.1) is 37.2 Å². The first-order valence-corrected chi connectivity index (χ1v) is 12.3. The molecule has 182 valence electrons. The number of hydrogen-bond donors (Lipinski definition) is 0. The molecule has 1 fully saturated rings. The number of benzene rings is 2. The van der Waals surface area contributed by atoms with Gasteiger partial charge in [-0.25, -0.2) is 9.36 Å². The predicted octanol–water partition coefficient (Wildman–Crippen LogP) is 3.34. The Kier molecular flexibility index (Phi) is 6.92. The fraction of sp³-hybridized carbons (Fsp3) is 0.185. The lowest BCUT2D eigenvalue weighted by molar-refractivity contribution is 0.0303. The van der Waals surface area contributed by atoms with Gasteiger partial charge in [-0.1, -0.05) is 40.2 Å². The van der Waals surface area contributed by atoms with Crippen molar-refractivity contribution in [2.24, 2.45) is 0 Å². The van der Waals surface area contributed by atoms with Crippen molar-refractivity contribution in [2.45, 2.75) is 6.54 Å².